The molecule has 0 amide bonds. The van der Waals surface area contributed by atoms with Crippen LogP contribution in [0.15, 0.2) is 206 Å². The maximum Gasteiger partial charge on any atom is 0.0555 e. The van der Waals surface area contributed by atoms with Crippen molar-refractivity contribution in [3.05, 3.63) is 206 Å². The zero-order valence-corrected chi connectivity index (χ0v) is 30.7. The first-order valence-electron chi connectivity index (χ1n) is 18.8. The third-order valence-electron chi connectivity index (χ3n) is 11.0. The normalized spacial score (nSPS) is 11.6. The largest absolute Gasteiger partial charge is 0.309 e. The number of anilines is 3. The summed E-state index contributed by atoms with van der Waals surface area (Å²) in [5.74, 6) is 0. The summed E-state index contributed by atoms with van der Waals surface area (Å²) in [6.07, 6.45) is 0. The fourth-order valence-corrected chi connectivity index (χ4v) is 9.74. The highest BCUT2D eigenvalue weighted by molar-refractivity contribution is 7.26. The van der Waals surface area contributed by atoms with E-state index in [1.54, 1.807) is 0 Å². The molecular weight excluding hydrogens is 685 g/mol. The van der Waals surface area contributed by atoms with E-state index in [0.717, 1.165) is 17.1 Å². The van der Waals surface area contributed by atoms with Crippen LogP contribution in [0.5, 0.6) is 0 Å². The maximum absolute atomic E-state index is 2.47. The second-order valence-corrected chi connectivity index (χ2v) is 15.2. The molecule has 0 unspecified atom stereocenters. The fourth-order valence-electron chi connectivity index (χ4n) is 8.48. The van der Waals surface area contributed by atoms with Crippen molar-refractivity contribution in [2.24, 2.45) is 0 Å². The van der Waals surface area contributed by atoms with Crippen LogP contribution in [-0.2, 0) is 0 Å². The molecule has 11 aromatic rings. The van der Waals surface area contributed by atoms with Crippen LogP contribution < -0.4 is 4.90 Å². The van der Waals surface area contributed by atoms with Crippen LogP contribution in [-0.4, -0.2) is 4.57 Å². The molecule has 0 spiro atoms. The number of hydrogen-bond acceptors (Lipinski definition) is 2. The molecule has 2 aromatic heterocycles. The summed E-state index contributed by atoms with van der Waals surface area (Å²) in [7, 11) is 0. The smallest absolute Gasteiger partial charge is 0.0555 e. The zero-order valence-electron chi connectivity index (χ0n) is 29.9. The van der Waals surface area contributed by atoms with E-state index in [9.17, 15) is 0 Å². The summed E-state index contributed by atoms with van der Waals surface area (Å²) < 4.78 is 4.97. The van der Waals surface area contributed by atoms with Crippen molar-refractivity contribution in [1.29, 1.82) is 0 Å². The SMILES string of the molecule is c1ccc(-c2ccc(N(c3cccc4ccccc34)c3ccc(-c4cccc(-n5c6ccccc6c6ccccc65)c4)c4sc5ccccc5c34)cc2)cc1. The van der Waals surface area contributed by atoms with Gasteiger partial charge in [0.2, 0.25) is 0 Å². The molecule has 0 saturated carbocycles. The highest BCUT2D eigenvalue weighted by Crippen LogP contribution is 2.49. The van der Waals surface area contributed by atoms with Gasteiger partial charge >= 0.3 is 0 Å². The van der Waals surface area contributed by atoms with Gasteiger partial charge in [-0.25, -0.2) is 0 Å². The molecule has 0 bridgehead atoms. The van der Waals surface area contributed by atoms with Gasteiger partial charge in [-0.15, -0.1) is 11.3 Å². The third-order valence-corrected chi connectivity index (χ3v) is 12.2. The minimum Gasteiger partial charge on any atom is -0.309 e. The average molecular weight is 719 g/mol. The Kier molecular flexibility index (Phi) is 7.39. The predicted molar refractivity (Wildman–Crippen MR) is 237 cm³/mol. The lowest BCUT2D eigenvalue weighted by Crippen LogP contribution is -2.11. The second kappa shape index (κ2) is 12.9. The highest BCUT2D eigenvalue weighted by atomic mass is 32.1. The van der Waals surface area contributed by atoms with Crippen LogP contribution in [0, 0.1) is 0 Å². The van der Waals surface area contributed by atoms with Crippen LogP contribution in [0.4, 0.5) is 17.1 Å². The molecule has 0 aliphatic rings. The molecule has 0 atom stereocenters. The summed E-state index contributed by atoms with van der Waals surface area (Å²) >= 11 is 1.88. The lowest BCUT2D eigenvalue weighted by molar-refractivity contribution is 1.18. The first-order valence-corrected chi connectivity index (χ1v) is 19.6. The Balaban J connectivity index is 1.14. The molecule has 0 N–H and O–H groups in total. The molecular formula is C52H34N2S. The van der Waals surface area contributed by atoms with Crippen LogP contribution >= 0.6 is 11.3 Å². The lowest BCUT2D eigenvalue weighted by atomic mass is 9.98. The van der Waals surface area contributed by atoms with Gasteiger partial charge in [0.15, 0.2) is 0 Å². The van der Waals surface area contributed by atoms with Crippen molar-refractivity contribution in [2.45, 2.75) is 0 Å². The van der Waals surface area contributed by atoms with E-state index in [2.05, 4.69) is 216 Å². The first-order chi connectivity index (χ1) is 27.3. The minimum atomic E-state index is 1.12. The van der Waals surface area contributed by atoms with Gasteiger partial charge in [0.1, 0.15) is 0 Å². The number of aromatic nitrogens is 1. The van der Waals surface area contributed by atoms with Crippen LogP contribution in [0.1, 0.15) is 0 Å². The van der Waals surface area contributed by atoms with Crippen molar-refractivity contribution in [2.75, 3.05) is 4.90 Å². The van der Waals surface area contributed by atoms with Gasteiger partial charge in [-0.2, -0.15) is 0 Å². The van der Waals surface area contributed by atoms with Crippen molar-refractivity contribution < 1.29 is 0 Å². The van der Waals surface area contributed by atoms with E-state index < -0.39 is 0 Å². The fraction of sp³-hybridized carbons (Fsp3) is 0. The van der Waals surface area contributed by atoms with Crippen molar-refractivity contribution >= 4 is 81.1 Å². The lowest BCUT2D eigenvalue weighted by Gasteiger charge is -2.28. The molecule has 2 heterocycles. The van der Waals surface area contributed by atoms with Crippen molar-refractivity contribution in [3.8, 4) is 27.9 Å². The summed E-state index contributed by atoms with van der Waals surface area (Å²) in [4.78, 5) is 2.47. The Labute approximate surface area is 323 Å². The predicted octanol–water partition coefficient (Wildman–Crippen LogP) is 15.1. The quantitative estimate of drug-likeness (QED) is 0.166. The van der Waals surface area contributed by atoms with Crippen LogP contribution in [0.2, 0.25) is 0 Å². The summed E-state index contributed by atoms with van der Waals surface area (Å²) in [5, 5.41) is 7.50. The van der Waals surface area contributed by atoms with Gasteiger partial charge in [0, 0.05) is 47.7 Å². The molecule has 0 aliphatic heterocycles. The molecule has 55 heavy (non-hydrogen) atoms. The Bertz CT molecular complexity index is 3150. The third kappa shape index (κ3) is 5.16. The average Bonchev–Trinajstić information content (AvgIpc) is 3.81. The minimum absolute atomic E-state index is 1.12. The molecule has 11 rings (SSSR count). The number of rotatable bonds is 6. The molecule has 0 fully saturated rings. The van der Waals surface area contributed by atoms with E-state index >= 15 is 0 Å². The van der Waals surface area contributed by atoms with Gasteiger partial charge in [-0.05, 0) is 82.2 Å². The van der Waals surface area contributed by atoms with Gasteiger partial charge < -0.3 is 9.47 Å². The summed E-state index contributed by atoms with van der Waals surface area (Å²) in [6.45, 7) is 0. The monoisotopic (exact) mass is 718 g/mol. The Morgan fingerprint density at radius 3 is 1.78 bits per heavy atom. The first kappa shape index (κ1) is 31.6. The van der Waals surface area contributed by atoms with Gasteiger partial charge in [0.25, 0.3) is 0 Å². The number of benzene rings is 9. The van der Waals surface area contributed by atoms with Gasteiger partial charge in [0.05, 0.1) is 22.4 Å². The van der Waals surface area contributed by atoms with Crippen molar-refractivity contribution in [3.63, 3.8) is 0 Å². The van der Waals surface area contributed by atoms with Gasteiger partial charge in [-0.1, -0.05) is 152 Å². The van der Waals surface area contributed by atoms with E-state index in [1.807, 2.05) is 11.3 Å². The topological polar surface area (TPSA) is 8.17 Å². The molecule has 3 heteroatoms. The Hall–Kier alpha value is -6.94. The standard InChI is InChI=1S/C52H34N2S/c1-2-14-35(15-3-1)36-28-30-39(31-29-36)53(46-26-13-17-37-16-4-5-20-41(37)46)49-33-32-42(52-51(49)45-23-8-11-27-50(45)55-52)38-18-12-19-40(34-38)54-47-24-9-6-21-43(47)44-22-7-10-25-48(44)54/h1-34H. The van der Waals surface area contributed by atoms with E-state index in [0.29, 0.717) is 0 Å². The van der Waals surface area contributed by atoms with Crippen LogP contribution in [0.3, 0.4) is 0 Å². The molecule has 0 radical (unpaired) electrons. The second-order valence-electron chi connectivity index (χ2n) is 14.1. The number of para-hydroxylation sites is 2. The zero-order chi connectivity index (χ0) is 36.3. The Morgan fingerprint density at radius 1 is 0.400 bits per heavy atom. The van der Waals surface area contributed by atoms with Gasteiger partial charge in [-0.3, -0.25) is 0 Å². The van der Waals surface area contributed by atoms with E-state index in [1.165, 1.54) is 80.7 Å². The van der Waals surface area contributed by atoms with E-state index in [-0.39, 0.29) is 0 Å². The molecule has 0 saturated heterocycles. The summed E-state index contributed by atoms with van der Waals surface area (Å²) in [6, 6.07) is 75.1. The number of fused-ring (bicyclic) bond motifs is 7. The molecule has 258 valence electrons. The van der Waals surface area contributed by atoms with Crippen LogP contribution in [0.25, 0.3) is 80.7 Å². The van der Waals surface area contributed by atoms with Crippen molar-refractivity contribution in [1.82, 2.24) is 4.57 Å². The van der Waals surface area contributed by atoms with E-state index in [4.69, 9.17) is 0 Å². The Morgan fingerprint density at radius 2 is 1.00 bits per heavy atom. The number of nitrogens with zero attached hydrogens (tertiary/aromatic N) is 2. The molecule has 0 aliphatic carbocycles. The number of hydrogen-bond donors (Lipinski definition) is 0. The number of thiophene rings is 1. The molecule has 2 nitrogen and oxygen atoms in total. The highest BCUT2D eigenvalue weighted by Gasteiger charge is 2.23. The maximum atomic E-state index is 2.47. The summed E-state index contributed by atoms with van der Waals surface area (Å²) in [5.41, 5.74) is 11.9. The molecule has 9 aromatic carbocycles.